The maximum Gasteiger partial charge on any atom is 0.00556 e. The van der Waals surface area contributed by atoms with Gasteiger partial charge in [-0.2, -0.15) is 0 Å². The summed E-state index contributed by atoms with van der Waals surface area (Å²) in [6.45, 7) is 6.05. The molecule has 0 bridgehead atoms. The van der Waals surface area contributed by atoms with E-state index in [9.17, 15) is 0 Å². The Balaban J connectivity index is 1.30. The molecular weight excluding hydrogens is 472 g/mol. The summed E-state index contributed by atoms with van der Waals surface area (Å²) >= 11 is 0. The molecule has 4 aromatic carbocycles. The lowest BCUT2D eigenvalue weighted by atomic mass is 10.2. The molecule has 3 heteroatoms. The second-order valence-corrected chi connectivity index (χ2v) is 14.7. The average Bonchev–Trinajstić information content (AvgIpc) is 3.41. The molecule has 5 rings (SSSR count). The number of hydrogen-bond donors (Lipinski definition) is 0. The fraction of sp³-hybridized carbons (Fsp3) is 0.273. The van der Waals surface area contributed by atoms with Gasteiger partial charge in [-0.15, -0.1) is 0 Å². The Bertz CT molecular complexity index is 1090. The van der Waals surface area contributed by atoms with E-state index in [2.05, 4.69) is 133 Å². The zero-order valence-corrected chi connectivity index (χ0v) is 23.1. The van der Waals surface area contributed by atoms with Gasteiger partial charge in [-0.05, 0) is 75.1 Å². The van der Waals surface area contributed by atoms with Gasteiger partial charge in [-0.3, -0.25) is 0 Å². The van der Waals surface area contributed by atoms with Crippen LogP contribution in [0.1, 0.15) is 26.2 Å². The van der Waals surface area contributed by atoms with Crippen molar-refractivity contribution in [3.8, 4) is 0 Å². The molecule has 0 radical (unpaired) electrons. The molecule has 1 fully saturated rings. The van der Waals surface area contributed by atoms with Gasteiger partial charge in [0.2, 0.25) is 0 Å². The zero-order valence-electron chi connectivity index (χ0n) is 21.3. The first-order valence-corrected chi connectivity index (χ1v) is 16.2. The van der Waals surface area contributed by atoms with Gasteiger partial charge in [-0.1, -0.05) is 128 Å². The van der Waals surface area contributed by atoms with Crippen LogP contribution in [-0.4, -0.2) is 35.9 Å². The van der Waals surface area contributed by atoms with Gasteiger partial charge in [-0.25, -0.2) is 0 Å². The van der Waals surface area contributed by atoms with Gasteiger partial charge in [0, 0.05) is 12.2 Å². The molecule has 1 aliphatic heterocycles. The fourth-order valence-electron chi connectivity index (χ4n) is 5.57. The minimum absolute atomic E-state index is 0.331. The van der Waals surface area contributed by atoms with Gasteiger partial charge < -0.3 is 4.90 Å². The van der Waals surface area contributed by atoms with Crippen molar-refractivity contribution in [3.63, 3.8) is 0 Å². The van der Waals surface area contributed by atoms with Gasteiger partial charge >= 0.3 is 0 Å². The predicted molar refractivity (Wildman–Crippen MR) is 162 cm³/mol. The van der Waals surface area contributed by atoms with Crippen molar-refractivity contribution < 1.29 is 0 Å². The first kappa shape index (κ1) is 25.4. The van der Waals surface area contributed by atoms with Gasteiger partial charge in [0.15, 0.2) is 0 Å². The van der Waals surface area contributed by atoms with Crippen molar-refractivity contribution in [1.82, 2.24) is 4.90 Å². The summed E-state index contributed by atoms with van der Waals surface area (Å²) in [6.07, 6.45) is 3.80. The van der Waals surface area contributed by atoms with Crippen molar-refractivity contribution >= 4 is 37.1 Å². The van der Waals surface area contributed by atoms with Crippen LogP contribution >= 0.6 is 15.8 Å². The van der Waals surface area contributed by atoms with Crippen molar-refractivity contribution in [2.75, 3.05) is 19.6 Å². The molecule has 2 unspecified atom stereocenters. The maximum absolute atomic E-state index is 2.76. The monoisotopic (exact) mass is 509 g/mol. The molecular formula is C33H37NP2. The summed E-state index contributed by atoms with van der Waals surface area (Å²) in [7, 11) is -0.684. The van der Waals surface area contributed by atoms with Crippen LogP contribution in [0.4, 0.5) is 0 Å². The number of likely N-dealkylation sites (tertiary alicyclic amines) is 1. The summed E-state index contributed by atoms with van der Waals surface area (Å²) in [6, 6.07) is 45.0. The van der Waals surface area contributed by atoms with E-state index in [1.165, 1.54) is 60.1 Å². The average molecular weight is 510 g/mol. The Kier molecular flexibility index (Phi) is 9.00. The third-order valence-electron chi connectivity index (χ3n) is 7.37. The topological polar surface area (TPSA) is 3.24 Å². The number of hydrogen-bond acceptors (Lipinski definition) is 1. The fourth-order valence-corrected chi connectivity index (χ4v) is 11.3. The lowest BCUT2D eigenvalue weighted by Gasteiger charge is -2.30. The summed E-state index contributed by atoms with van der Waals surface area (Å²) in [5.74, 6) is 0. The summed E-state index contributed by atoms with van der Waals surface area (Å²) in [4.78, 5) is 2.76. The van der Waals surface area contributed by atoms with Gasteiger partial charge in [0.25, 0.3) is 0 Å². The Morgan fingerprint density at radius 2 is 1.11 bits per heavy atom. The molecule has 1 heterocycles. The van der Waals surface area contributed by atoms with Gasteiger partial charge in [0.05, 0.1) is 0 Å². The molecule has 2 atom stereocenters. The van der Waals surface area contributed by atoms with E-state index >= 15 is 0 Å². The van der Waals surface area contributed by atoms with E-state index in [4.69, 9.17) is 0 Å². The molecule has 0 aromatic heterocycles. The minimum Gasteiger partial charge on any atom is -0.303 e. The smallest absolute Gasteiger partial charge is 0.00556 e. The van der Waals surface area contributed by atoms with Crippen LogP contribution in [0, 0.1) is 0 Å². The van der Waals surface area contributed by atoms with E-state index in [0.717, 1.165) is 5.66 Å². The third-order valence-corrected chi connectivity index (χ3v) is 13.3. The molecule has 1 saturated heterocycles. The summed E-state index contributed by atoms with van der Waals surface area (Å²) in [5.41, 5.74) is 1.43. The molecule has 1 nitrogen and oxygen atoms in total. The number of benzene rings is 4. The Morgan fingerprint density at radius 3 is 1.56 bits per heavy atom. The second kappa shape index (κ2) is 12.8. The lowest BCUT2D eigenvalue weighted by molar-refractivity contribution is 0.332. The third kappa shape index (κ3) is 6.15. The summed E-state index contributed by atoms with van der Waals surface area (Å²) < 4.78 is 0. The molecule has 0 saturated carbocycles. The highest BCUT2D eigenvalue weighted by molar-refractivity contribution is 7.74. The van der Waals surface area contributed by atoms with E-state index in [1.807, 2.05) is 0 Å². The lowest BCUT2D eigenvalue weighted by Crippen LogP contribution is -2.30. The predicted octanol–water partition coefficient (Wildman–Crippen LogP) is 6.50. The first-order valence-electron chi connectivity index (χ1n) is 13.3. The van der Waals surface area contributed by atoms with E-state index in [1.54, 1.807) is 0 Å². The van der Waals surface area contributed by atoms with Crippen molar-refractivity contribution in [2.24, 2.45) is 0 Å². The van der Waals surface area contributed by atoms with Crippen molar-refractivity contribution in [3.05, 3.63) is 121 Å². The highest BCUT2D eigenvalue weighted by Gasteiger charge is 2.32. The highest BCUT2D eigenvalue weighted by Crippen LogP contribution is 2.45. The molecule has 36 heavy (non-hydrogen) atoms. The van der Waals surface area contributed by atoms with Crippen LogP contribution in [0.25, 0.3) is 0 Å². The van der Waals surface area contributed by atoms with Crippen LogP contribution in [-0.2, 0) is 0 Å². The normalized spacial score (nSPS) is 17.0. The standard InChI is InChI=1S/C33H37NP2/c1-2-28(35(29-15-7-3-8-16-29)30-17-9-4-10-18-30)23-25-34-26-24-33(27-34)36(31-19-11-5-12-20-31)32-21-13-6-14-22-32/h3-22,28,33H,2,23-27H2,1H3. The quantitative estimate of drug-likeness (QED) is 0.221. The van der Waals surface area contributed by atoms with Crippen LogP contribution in [0.5, 0.6) is 0 Å². The van der Waals surface area contributed by atoms with Crippen molar-refractivity contribution in [1.29, 1.82) is 0 Å². The molecule has 0 spiro atoms. The first-order chi connectivity index (χ1) is 17.8. The molecule has 0 N–H and O–H groups in total. The Labute approximate surface area is 220 Å². The molecule has 184 valence electrons. The van der Waals surface area contributed by atoms with Crippen molar-refractivity contribution in [2.45, 2.75) is 37.5 Å². The largest absolute Gasteiger partial charge is 0.303 e. The SMILES string of the molecule is CCC(CCN1CCC(P(c2ccccc2)c2ccccc2)C1)P(c1ccccc1)c1ccccc1. The molecule has 4 aromatic rings. The van der Waals surface area contributed by atoms with Crippen LogP contribution in [0.15, 0.2) is 121 Å². The summed E-state index contributed by atoms with van der Waals surface area (Å²) in [5, 5.41) is 6.07. The van der Waals surface area contributed by atoms with E-state index < -0.39 is 0 Å². The van der Waals surface area contributed by atoms with Crippen LogP contribution in [0.3, 0.4) is 0 Å². The van der Waals surface area contributed by atoms with E-state index in [-0.39, 0.29) is 15.8 Å². The van der Waals surface area contributed by atoms with Crippen LogP contribution in [0.2, 0.25) is 0 Å². The number of rotatable bonds is 10. The Morgan fingerprint density at radius 1 is 0.667 bits per heavy atom. The van der Waals surface area contributed by atoms with Gasteiger partial charge in [0.1, 0.15) is 0 Å². The van der Waals surface area contributed by atoms with E-state index in [0.29, 0.717) is 5.66 Å². The minimum atomic E-state index is -0.353. The number of nitrogens with zero attached hydrogens (tertiary/aromatic N) is 1. The molecule has 0 aliphatic carbocycles. The molecule has 0 amide bonds. The second-order valence-electron chi connectivity index (χ2n) is 9.68. The maximum atomic E-state index is 2.76. The highest BCUT2D eigenvalue weighted by atomic mass is 31.1. The zero-order chi connectivity index (χ0) is 24.6. The van der Waals surface area contributed by atoms with Crippen LogP contribution < -0.4 is 21.2 Å². The molecule has 1 aliphatic rings. The Hall–Kier alpha value is -2.30.